The van der Waals surface area contributed by atoms with Crippen LogP contribution in [-0.4, -0.2) is 90.7 Å². The first kappa shape index (κ1) is 157. The molecule has 24 heteroatoms. The van der Waals surface area contributed by atoms with E-state index in [9.17, 15) is 0 Å². The summed E-state index contributed by atoms with van der Waals surface area (Å²) in [6.07, 6.45) is 0. The Morgan fingerprint density at radius 1 is 0.458 bits per heavy atom. The Hall–Kier alpha value is -2.32. The molecule has 166 valence electrons. The molecular weight excluding hydrogens is 418 g/mol. The minimum Gasteiger partial charge on any atom is -0.412 e. The van der Waals surface area contributed by atoms with Crippen LogP contribution in [0.4, 0.5) is 0 Å². The van der Waals surface area contributed by atoms with E-state index in [1.165, 1.54) is 0 Å². The molecule has 0 aromatic carbocycles. The van der Waals surface area contributed by atoms with Gasteiger partial charge < -0.3 is 64.9 Å². The van der Waals surface area contributed by atoms with E-state index in [1.807, 2.05) is 0 Å². The van der Waals surface area contributed by atoms with Crippen LogP contribution in [0.15, 0.2) is 0 Å². The second kappa shape index (κ2) is 180. The van der Waals surface area contributed by atoms with Crippen molar-refractivity contribution in [1.29, 1.82) is 0 Å². The molecule has 0 aromatic rings. The van der Waals surface area contributed by atoms with E-state index in [0.29, 0.717) is 0 Å². The van der Waals surface area contributed by atoms with E-state index < -0.39 is 15.3 Å². The summed E-state index contributed by atoms with van der Waals surface area (Å²) in [5.41, 5.74) is 0. The molecule has 0 aliphatic heterocycles. The van der Waals surface area contributed by atoms with Gasteiger partial charge in [-0.15, -0.1) is 30.3 Å². The van der Waals surface area contributed by atoms with Gasteiger partial charge in [0.15, 0.2) is 0 Å². The summed E-state index contributed by atoms with van der Waals surface area (Å²) in [5, 5.41) is 52.9. The van der Waals surface area contributed by atoms with Gasteiger partial charge in [0, 0.05) is 17.1 Å². The molecule has 0 aromatic heterocycles. The van der Waals surface area contributed by atoms with Crippen LogP contribution < -0.4 is 0 Å². The topological polar surface area (TPSA) is 514 Å². The van der Waals surface area contributed by atoms with Crippen LogP contribution >= 0.6 is 0 Å². The van der Waals surface area contributed by atoms with Crippen LogP contribution in [0, 0.1) is 30.3 Å². The average Bonchev–Trinajstić information content (AvgIpc) is 1.86. The second-order valence-corrected chi connectivity index (χ2v) is 0.714. The third-order valence-electron chi connectivity index (χ3n) is 0. The molecule has 0 rings (SSSR count). The van der Waals surface area contributed by atoms with Crippen LogP contribution in [0.3, 0.4) is 0 Å². The van der Waals surface area contributed by atoms with Gasteiger partial charge in [-0.05, 0) is 0 Å². The molecule has 0 heterocycles. The van der Waals surface area contributed by atoms with Gasteiger partial charge >= 0.3 is 0 Å². The fourth-order valence-electron chi connectivity index (χ4n) is 0. The van der Waals surface area contributed by atoms with Crippen LogP contribution in [0.1, 0.15) is 0 Å². The molecule has 0 saturated carbocycles. The molecule has 0 radical (unpaired) electrons. The minimum atomic E-state index is -1.50. The SMILES string of the molecule is O.O.O.O.O.O.O.O.O.O=[N+]([O-])O.O=[N+]([O-])O.O=[N+]([O-])O.OO.[Fe]. The van der Waals surface area contributed by atoms with Gasteiger partial charge in [-0.1, -0.05) is 0 Å². The molecule has 0 bridgehead atoms. The number of hydrogen-bond acceptors (Lipinski definition) is 8. The second-order valence-electron chi connectivity index (χ2n) is 0.714. The zero-order chi connectivity index (χ0) is 12.7. The molecule has 0 fully saturated rings. The Balaban J connectivity index is -0.00000000413. The molecule has 24 heavy (non-hydrogen) atoms. The Bertz CT molecular complexity index is 116. The van der Waals surface area contributed by atoms with Gasteiger partial charge in [0.1, 0.15) is 0 Å². The smallest absolute Gasteiger partial charge is 0.291 e. The molecule has 23 nitrogen and oxygen atoms in total. The molecule has 23 N–H and O–H groups in total. The van der Waals surface area contributed by atoms with Crippen LogP contribution in [0.2, 0.25) is 0 Å². The first-order chi connectivity index (χ1) is 6.20. The monoisotopic (exact) mass is 441 g/mol. The fourth-order valence-corrected chi connectivity index (χ4v) is 0. The maximum Gasteiger partial charge on any atom is 0.291 e. The molecule has 0 aliphatic carbocycles. The summed E-state index contributed by atoms with van der Waals surface area (Å²) in [7, 11) is 0. The van der Waals surface area contributed by atoms with Crippen LogP contribution in [0.5, 0.6) is 0 Å². The molecule has 0 atom stereocenters. The first-order valence-electron chi connectivity index (χ1n) is 1.90. The van der Waals surface area contributed by atoms with Crippen molar-refractivity contribution in [2.45, 2.75) is 0 Å². The summed E-state index contributed by atoms with van der Waals surface area (Å²) in [6, 6.07) is 0. The molecule has 0 aliphatic rings. The van der Waals surface area contributed by atoms with E-state index in [1.54, 1.807) is 0 Å². The third kappa shape index (κ3) is 1280. The van der Waals surface area contributed by atoms with Gasteiger partial charge in [0.25, 0.3) is 15.3 Å². The molecule has 0 amide bonds. The Morgan fingerprint density at radius 2 is 0.458 bits per heavy atom. The third-order valence-corrected chi connectivity index (χ3v) is 0. The van der Waals surface area contributed by atoms with Crippen molar-refractivity contribution in [2.75, 3.05) is 0 Å². The van der Waals surface area contributed by atoms with Crippen molar-refractivity contribution in [3.8, 4) is 0 Å². The largest absolute Gasteiger partial charge is 0.412 e. The fraction of sp³-hybridized carbons (Fsp3) is 0. The summed E-state index contributed by atoms with van der Waals surface area (Å²) in [5.74, 6) is 0. The van der Waals surface area contributed by atoms with E-state index in [2.05, 4.69) is 0 Å². The van der Waals surface area contributed by atoms with Crippen molar-refractivity contribution < 1.29 is 108 Å². The van der Waals surface area contributed by atoms with Gasteiger partial charge in [-0.25, -0.2) is 0 Å². The minimum absolute atomic E-state index is 0. The summed E-state index contributed by atoms with van der Waals surface area (Å²) < 4.78 is 0. The van der Waals surface area contributed by atoms with E-state index >= 15 is 0 Å². The van der Waals surface area contributed by atoms with E-state index in [-0.39, 0.29) is 66.4 Å². The van der Waals surface area contributed by atoms with Gasteiger partial charge in [-0.2, -0.15) is 0 Å². The van der Waals surface area contributed by atoms with Crippen molar-refractivity contribution in [3.63, 3.8) is 0 Å². The van der Waals surface area contributed by atoms with Gasteiger partial charge in [0.2, 0.25) is 0 Å². The van der Waals surface area contributed by atoms with Crippen LogP contribution in [0.25, 0.3) is 0 Å². The molecule has 0 saturated heterocycles. The molecule has 0 spiro atoms. The van der Waals surface area contributed by atoms with Crippen LogP contribution in [-0.2, 0) is 17.1 Å². The van der Waals surface area contributed by atoms with Crippen molar-refractivity contribution in [3.05, 3.63) is 30.3 Å². The van der Waals surface area contributed by atoms with E-state index in [4.69, 9.17) is 56.5 Å². The Morgan fingerprint density at radius 3 is 0.458 bits per heavy atom. The Labute approximate surface area is 139 Å². The Kier molecular flexibility index (Phi) is 1180. The van der Waals surface area contributed by atoms with Crippen molar-refractivity contribution in [1.82, 2.24) is 0 Å². The maximum atomic E-state index is 8.36. The number of nitrogens with zero attached hydrogens (tertiary/aromatic N) is 3. The average molecular weight is 441 g/mol. The molecular formula is H23FeN3O20. The van der Waals surface area contributed by atoms with Crippen molar-refractivity contribution >= 4 is 0 Å². The summed E-state index contributed by atoms with van der Waals surface area (Å²) in [6.45, 7) is 0. The normalized spacial score (nSPS) is 3.25. The maximum absolute atomic E-state index is 8.36. The van der Waals surface area contributed by atoms with Gasteiger partial charge in [-0.3, -0.25) is 10.5 Å². The summed E-state index contributed by atoms with van der Waals surface area (Å²) >= 11 is 0. The summed E-state index contributed by atoms with van der Waals surface area (Å²) in [4.78, 5) is 25.1. The quantitative estimate of drug-likeness (QED) is 0.102. The number of rotatable bonds is 0. The predicted molar refractivity (Wildman–Crippen MR) is 64.1 cm³/mol. The predicted octanol–water partition coefficient (Wildman–Crippen LogP) is -8.45. The first-order valence-corrected chi connectivity index (χ1v) is 1.90. The van der Waals surface area contributed by atoms with Gasteiger partial charge in [0.05, 0.1) is 0 Å². The molecule has 0 unspecified atom stereocenters. The zero-order valence-corrected chi connectivity index (χ0v) is 12.0. The van der Waals surface area contributed by atoms with Crippen molar-refractivity contribution in [2.24, 2.45) is 0 Å². The zero-order valence-electron chi connectivity index (χ0n) is 10.9. The standard InChI is InChI=1S/Fe.3HNO3.H2O2.9H2O/c;3*2-1(3)4;1-2;;;;;;;;;/h;3*(H,2,3,4);1-2H;9*1H2. The van der Waals surface area contributed by atoms with E-state index in [0.717, 1.165) is 0 Å². The number of hydrogen-bond donors (Lipinski definition) is 5.